The molecule has 2 amide bonds. The average molecular weight is 433 g/mol. The number of esters is 1. The van der Waals surface area contributed by atoms with Crippen LogP contribution in [-0.2, 0) is 14.3 Å². The number of ether oxygens (including phenoxy) is 2. The molecule has 32 heavy (non-hydrogen) atoms. The van der Waals surface area contributed by atoms with E-state index >= 15 is 0 Å². The number of methoxy groups -OCH3 is 1. The van der Waals surface area contributed by atoms with Crippen molar-refractivity contribution in [2.24, 2.45) is 23.7 Å². The van der Waals surface area contributed by atoms with Gasteiger partial charge in [-0.1, -0.05) is 12.1 Å². The number of carbonyl (C=O) groups excluding carboxylic acids is 4. The van der Waals surface area contributed by atoms with Crippen molar-refractivity contribution in [1.29, 1.82) is 0 Å². The summed E-state index contributed by atoms with van der Waals surface area (Å²) in [7, 11) is 1.53. The number of para-hydroxylation sites is 1. The summed E-state index contributed by atoms with van der Waals surface area (Å²) in [5, 5.41) is 0. The molecule has 0 unspecified atom stereocenters. The van der Waals surface area contributed by atoms with Gasteiger partial charge in [-0.25, -0.2) is 9.69 Å². The van der Waals surface area contributed by atoms with Gasteiger partial charge < -0.3 is 9.47 Å². The van der Waals surface area contributed by atoms with Gasteiger partial charge in [0.25, 0.3) is 0 Å². The van der Waals surface area contributed by atoms with E-state index < -0.39 is 12.6 Å². The molecule has 2 bridgehead atoms. The monoisotopic (exact) mass is 433 g/mol. The SMILES string of the molecule is COc1ccc(C(=O)COC(=O)c2ccccc2N2C(=O)[C@H]3[C@H]4CC[C@@H](C4)[C@@H]3C2=O)cc1. The summed E-state index contributed by atoms with van der Waals surface area (Å²) in [5.41, 5.74) is 0.724. The fraction of sp³-hybridized carbons (Fsp3) is 0.360. The Morgan fingerprint density at radius 3 is 2.19 bits per heavy atom. The number of Topliss-reactive ketones (excluding diaryl/α,β-unsaturated/α-hetero) is 1. The van der Waals surface area contributed by atoms with Crippen LogP contribution in [0.25, 0.3) is 0 Å². The molecule has 0 aromatic heterocycles. The molecule has 3 fully saturated rings. The zero-order valence-electron chi connectivity index (χ0n) is 17.7. The van der Waals surface area contributed by atoms with E-state index in [1.165, 1.54) is 18.1 Å². The minimum absolute atomic E-state index is 0.101. The number of anilines is 1. The Morgan fingerprint density at radius 2 is 1.56 bits per heavy atom. The van der Waals surface area contributed by atoms with Crippen LogP contribution >= 0.6 is 0 Å². The van der Waals surface area contributed by atoms with Crippen molar-refractivity contribution in [2.75, 3.05) is 18.6 Å². The maximum Gasteiger partial charge on any atom is 0.340 e. The molecule has 4 atom stereocenters. The fourth-order valence-corrected chi connectivity index (χ4v) is 5.56. The number of nitrogens with zero attached hydrogens (tertiary/aromatic N) is 1. The molecule has 0 spiro atoms. The van der Waals surface area contributed by atoms with Crippen LogP contribution in [0.2, 0.25) is 0 Å². The highest BCUT2D eigenvalue weighted by molar-refractivity contribution is 6.24. The van der Waals surface area contributed by atoms with Crippen molar-refractivity contribution in [3.63, 3.8) is 0 Å². The van der Waals surface area contributed by atoms with Crippen LogP contribution in [0.4, 0.5) is 5.69 Å². The van der Waals surface area contributed by atoms with Crippen LogP contribution in [0.1, 0.15) is 40.0 Å². The molecule has 1 saturated heterocycles. The molecular weight excluding hydrogens is 410 g/mol. The lowest BCUT2D eigenvalue weighted by Crippen LogP contribution is -2.34. The highest BCUT2D eigenvalue weighted by Gasteiger charge is 2.61. The van der Waals surface area contributed by atoms with Gasteiger partial charge in [0.15, 0.2) is 12.4 Å². The third-order valence-corrected chi connectivity index (χ3v) is 7.04. The minimum atomic E-state index is -0.747. The smallest absolute Gasteiger partial charge is 0.340 e. The number of ketones is 1. The Kier molecular flexibility index (Phi) is 5.04. The highest BCUT2D eigenvalue weighted by atomic mass is 16.5. The van der Waals surface area contributed by atoms with E-state index in [0.717, 1.165) is 19.3 Å². The highest BCUT2D eigenvalue weighted by Crippen LogP contribution is 2.56. The first-order valence-electron chi connectivity index (χ1n) is 10.8. The van der Waals surface area contributed by atoms with Gasteiger partial charge in [0.1, 0.15) is 5.75 Å². The third kappa shape index (κ3) is 3.20. The Balaban J connectivity index is 1.33. The summed E-state index contributed by atoms with van der Waals surface area (Å²) < 4.78 is 10.3. The summed E-state index contributed by atoms with van der Waals surface area (Å²) in [4.78, 5) is 52.7. The Morgan fingerprint density at radius 1 is 0.938 bits per heavy atom. The Bertz CT molecular complexity index is 1080. The summed E-state index contributed by atoms with van der Waals surface area (Å²) in [6.07, 6.45) is 2.91. The first-order chi connectivity index (χ1) is 15.5. The van der Waals surface area contributed by atoms with Crippen molar-refractivity contribution < 1.29 is 28.7 Å². The van der Waals surface area contributed by atoms with Crippen molar-refractivity contribution in [1.82, 2.24) is 0 Å². The van der Waals surface area contributed by atoms with Gasteiger partial charge in [0.05, 0.1) is 30.2 Å². The molecule has 164 valence electrons. The number of imide groups is 1. The molecule has 0 radical (unpaired) electrons. The molecule has 5 rings (SSSR count). The lowest BCUT2D eigenvalue weighted by molar-refractivity contribution is -0.123. The van der Waals surface area contributed by atoms with Gasteiger partial charge in [-0.15, -0.1) is 0 Å². The average Bonchev–Trinajstić information content (AvgIpc) is 3.51. The third-order valence-electron chi connectivity index (χ3n) is 7.04. The van der Waals surface area contributed by atoms with E-state index in [9.17, 15) is 19.2 Å². The van der Waals surface area contributed by atoms with E-state index in [1.807, 2.05) is 0 Å². The standard InChI is InChI=1S/C25H23NO6/c1-31-17-10-8-14(9-11-17)20(27)13-32-25(30)18-4-2-3-5-19(18)26-23(28)21-15-6-7-16(12-15)22(21)24(26)29/h2-5,8-11,15-16,21-22H,6-7,12-13H2,1H3/t15-,16-,21-,22-/m0/s1. The van der Waals surface area contributed by atoms with Crippen molar-refractivity contribution >= 4 is 29.3 Å². The predicted octanol–water partition coefficient (Wildman–Crippen LogP) is 3.27. The maximum atomic E-state index is 13.2. The van der Waals surface area contributed by atoms with Crippen LogP contribution in [0.3, 0.4) is 0 Å². The molecular formula is C25H23NO6. The molecule has 1 aliphatic heterocycles. The van der Waals surface area contributed by atoms with Crippen LogP contribution in [0.15, 0.2) is 48.5 Å². The van der Waals surface area contributed by atoms with Crippen LogP contribution in [0, 0.1) is 23.7 Å². The number of hydrogen-bond donors (Lipinski definition) is 0. The van der Waals surface area contributed by atoms with Gasteiger partial charge in [-0.3, -0.25) is 14.4 Å². The van der Waals surface area contributed by atoms with Gasteiger partial charge in [0, 0.05) is 5.56 Å². The molecule has 7 heteroatoms. The van der Waals surface area contributed by atoms with Crippen LogP contribution in [0.5, 0.6) is 5.75 Å². The number of benzene rings is 2. The topological polar surface area (TPSA) is 90.0 Å². The normalized spacial score (nSPS) is 25.7. The number of amides is 2. The van der Waals surface area contributed by atoms with Gasteiger partial charge in [-0.2, -0.15) is 0 Å². The van der Waals surface area contributed by atoms with Gasteiger partial charge in [-0.05, 0) is 67.5 Å². The zero-order chi connectivity index (χ0) is 22.4. The second-order valence-electron chi connectivity index (χ2n) is 8.64. The Hall–Kier alpha value is -3.48. The van der Waals surface area contributed by atoms with Crippen LogP contribution < -0.4 is 9.64 Å². The van der Waals surface area contributed by atoms with Crippen molar-refractivity contribution in [2.45, 2.75) is 19.3 Å². The maximum absolute atomic E-state index is 13.2. The number of fused-ring (bicyclic) bond motifs is 5. The summed E-state index contributed by atoms with van der Waals surface area (Å²) >= 11 is 0. The molecule has 1 heterocycles. The molecule has 2 aromatic rings. The molecule has 7 nitrogen and oxygen atoms in total. The summed E-state index contributed by atoms with van der Waals surface area (Å²) in [6, 6.07) is 12.9. The van der Waals surface area contributed by atoms with E-state index in [4.69, 9.17) is 9.47 Å². The molecule has 2 saturated carbocycles. The fourth-order valence-electron chi connectivity index (χ4n) is 5.56. The number of rotatable bonds is 6. The lowest BCUT2D eigenvalue weighted by Gasteiger charge is -2.19. The predicted molar refractivity (Wildman–Crippen MR) is 114 cm³/mol. The Labute approximate surface area is 185 Å². The van der Waals surface area contributed by atoms with Gasteiger partial charge >= 0.3 is 5.97 Å². The first-order valence-corrected chi connectivity index (χ1v) is 10.8. The number of carbonyl (C=O) groups is 4. The van der Waals surface area contributed by atoms with Crippen molar-refractivity contribution in [3.05, 3.63) is 59.7 Å². The van der Waals surface area contributed by atoms with E-state index in [0.29, 0.717) is 11.3 Å². The second kappa shape index (κ2) is 7.89. The second-order valence-corrected chi connectivity index (χ2v) is 8.64. The lowest BCUT2D eigenvalue weighted by atomic mass is 9.81. The summed E-state index contributed by atoms with van der Waals surface area (Å²) in [6.45, 7) is -0.448. The van der Waals surface area contributed by atoms with E-state index in [1.54, 1.807) is 42.5 Å². The molecule has 2 aromatic carbocycles. The zero-order valence-corrected chi connectivity index (χ0v) is 17.7. The van der Waals surface area contributed by atoms with E-state index in [2.05, 4.69) is 0 Å². The molecule has 3 aliphatic rings. The van der Waals surface area contributed by atoms with Crippen molar-refractivity contribution in [3.8, 4) is 5.75 Å². The molecule has 2 aliphatic carbocycles. The van der Waals surface area contributed by atoms with Gasteiger partial charge in [0.2, 0.25) is 11.8 Å². The molecule has 0 N–H and O–H groups in total. The number of hydrogen-bond acceptors (Lipinski definition) is 6. The van der Waals surface area contributed by atoms with E-state index in [-0.39, 0.29) is 52.5 Å². The quantitative estimate of drug-likeness (QED) is 0.395. The minimum Gasteiger partial charge on any atom is -0.497 e. The first kappa shape index (κ1) is 20.4. The van der Waals surface area contributed by atoms with Crippen LogP contribution in [-0.4, -0.2) is 37.3 Å². The summed E-state index contributed by atoms with van der Waals surface area (Å²) in [5.74, 6) is -0.973. The largest absolute Gasteiger partial charge is 0.497 e.